The van der Waals surface area contributed by atoms with Crippen LogP contribution in [-0.4, -0.2) is 77.0 Å². The molecule has 3 aromatic rings. The largest absolute Gasteiger partial charge is 0.379 e. The van der Waals surface area contributed by atoms with Crippen LogP contribution in [0.2, 0.25) is 0 Å². The number of hydrogen-bond acceptors (Lipinski definition) is 5. The lowest BCUT2D eigenvalue weighted by Crippen LogP contribution is -2.36. The lowest BCUT2D eigenvalue weighted by molar-refractivity contribution is 0.0435. The van der Waals surface area contributed by atoms with Crippen LogP contribution < -0.4 is 0 Å². The van der Waals surface area contributed by atoms with Crippen LogP contribution in [0.3, 0.4) is 0 Å². The molecule has 4 rings (SSSR count). The van der Waals surface area contributed by atoms with Gasteiger partial charge in [-0.3, -0.25) is 14.5 Å². The van der Waals surface area contributed by atoms with Crippen molar-refractivity contribution >= 4 is 23.3 Å². The fraction of sp³-hybridized carbons (Fsp3) is 0.485. The van der Waals surface area contributed by atoms with E-state index in [1.165, 1.54) is 0 Å². The van der Waals surface area contributed by atoms with Crippen molar-refractivity contribution in [2.24, 2.45) is 11.8 Å². The van der Waals surface area contributed by atoms with E-state index >= 15 is 0 Å². The molecular formula is C33H44N4O3. The minimum atomic E-state index is 0.0369. The molecule has 1 amide bonds. The number of benzene rings is 1. The molecule has 1 aromatic carbocycles. The van der Waals surface area contributed by atoms with Gasteiger partial charge in [0.1, 0.15) is 5.69 Å². The number of morpholine rings is 1. The average Bonchev–Trinajstić information content (AvgIpc) is 3.31. The first-order valence-corrected chi connectivity index (χ1v) is 14.6. The molecule has 0 atom stereocenters. The predicted octanol–water partition coefficient (Wildman–Crippen LogP) is 6.08. The van der Waals surface area contributed by atoms with E-state index < -0.39 is 0 Å². The van der Waals surface area contributed by atoms with Crippen molar-refractivity contribution in [3.63, 3.8) is 0 Å². The Morgan fingerprint density at radius 3 is 2.23 bits per heavy atom. The molecule has 3 heterocycles. The minimum Gasteiger partial charge on any atom is -0.379 e. The average molecular weight is 545 g/mol. The van der Waals surface area contributed by atoms with E-state index in [9.17, 15) is 9.59 Å². The third-order valence-corrected chi connectivity index (χ3v) is 7.48. The molecular weight excluding hydrogens is 500 g/mol. The maximum Gasteiger partial charge on any atom is 0.253 e. The number of ketones is 1. The second kappa shape index (κ2) is 13.9. The summed E-state index contributed by atoms with van der Waals surface area (Å²) in [5.74, 6) is 1.18. The maximum atomic E-state index is 13.8. The highest BCUT2D eigenvalue weighted by Gasteiger charge is 2.20. The van der Waals surface area contributed by atoms with Gasteiger partial charge >= 0.3 is 0 Å². The zero-order chi connectivity index (χ0) is 28.6. The highest BCUT2D eigenvalue weighted by Crippen LogP contribution is 2.29. The molecule has 1 saturated heterocycles. The molecule has 40 heavy (non-hydrogen) atoms. The summed E-state index contributed by atoms with van der Waals surface area (Å²) in [6.07, 6.45) is 8.14. The van der Waals surface area contributed by atoms with Crippen molar-refractivity contribution in [1.82, 2.24) is 19.4 Å². The third-order valence-electron chi connectivity index (χ3n) is 7.48. The first-order valence-electron chi connectivity index (χ1n) is 14.6. The molecule has 0 bridgehead atoms. The van der Waals surface area contributed by atoms with E-state index in [1.807, 2.05) is 52.0 Å². The molecule has 7 nitrogen and oxygen atoms in total. The van der Waals surface area contributed by atoms with Gasteiger partial charge < -0.3 is 9.64 Å². The summed E-state index contributed by atoms with van der Waals surface area (Å²) in [6, 6.07) is 11.4. The van der Waals surface area contributed by atoms with Crippen molar-refractivity contribution in [1.29, 1.82) is 0 Å². The number of carbonyl (C=O) groups excluding carboxylic acids is 2. The van der Waals surface area contributed by atoms with E-state index in [0.717, 1.165) is 81.1 Å². The van der Waals surface area contributed by atoms with Gasteiger partial charge in [-0.2, -0.15) is 5.10 Å². The molecule has 0 radical (unpaired) electrons. The van der Waals surface area contributed by atoms with Crippen LogP contribution >= 0.6 is 0 Å². The summed E-state index contributed by atoms with van der Waals surface area (Å²) in [4.78, 5) is 30.0. The van der Waals surface area contributed by atoms with Gasteiger partial charge in [-0.25, -0.2) is 4.52 Å². The summed E-state index contributed by atoms with van der Waals surface area (Å²) in [7, 11) is 0. The van der Waals surface area contributed by atoms with Gasteiger partial charge in [-0.15, -0.1) is 0 Å². The number of nitrogens with zero attached hydrogens (tertiary/aromatic N) is 4. The van der Waals surface area contributed by atoms with Crippen molar-refractivity contribution in [2.75, 3.05) is 45.9 Å². The molecule has 0 saturated carbocycles. The minimum absolute atomic E-state index is 0.0369. The van der Waals surface area contributed by atoms with Gasteiger partial charge in [-0.1, -0.05) is 64.1 Å². The maximum absolute atomic E-state index is 13.8. The van der Waals surface area contributed by atoms with Gasteiger partial charge in [0.25, 0.3) is 5.91 Å². The number of aromatic nitrogens is 2. The van der Waals surface area contributed by atoms with Crippen LogP contribution in [0.1, 0.15) is 73.7 Å². The van der Waals surface area contributed by atoms with Crippen LogP contribution in [0, 0.1) is 11.8 Å². The lowest BCUT2D eigenvalue weighted by Gasteiger charge is -2.25. The predicted molar refractivity (Wildman–Crippen MR) is 162 cm³/mol. The summed E-state index contributed by atoms with van der Waals surface area (Å²) < 4.78 is 7.34. The van der Waals surface area contributed by atoms with E-state index in [1.54, 1.807) is 6.92 Å². The Kier molecular flexibility index (Phi) is 10.3. The van der Waals surface area contributed by atoms with E-state index in [-0.39, 0.29) is 11.7 Å². The summed E-state index contributed by atoms with van der Waals surface area (Å²) >= 11 is 0. The Bertz CT molecular complexity index is 1310. The van der Waals surface area contributed by atoms with Gasteiger partial charge in [0.2, 0.25) is 0 Å². The summed E-state index contributed by atoms with van der Waals surface area (Å²) in [6.45, 7) is 16.0. The normalized spacial score (nSPS) is 14.6. The third kappa shape index (κ3) is 7.67. The van der Waals surface area contributed by atoms with Crippen LogP contribution in [0.25, 0.3) is 22.9 Å². The second-order valence-corrected chi connectivity index (χ2v) is 11.6. The molecule has 0 aliphatic carbocycles. The Morgan fingerprint density at radius 2 is 1.62 bits per heavy atom. The van der Waals surface area contributed by atoms with Crippen LogP contribution in [-0.2, 0) is 4.74 Å². The molecule has 1 fully saturated rings. The highest BCUT2D eigenvalue weighted by atomic mass is 16.5. The Balaban J connectivity index is 1.70. The number of carbonyl (C=O) groups is 2. The van der Waals surface area contributed by atoms with Crippen molar-refractivity contribution in [3.05, 3.63) is 65.4 Å². The number of hydrogen-bond donors (Lipinski definition) is 0. The van der Waals surface area contributed by atoms with Crippen LogP contribution in [0.15, 0.2) is 48.7 Å². The van der Waals surface area contributed by atoms with E-state index in [2.05, 4.69) is 44.7 Å². The molecule has 1 aliphatic rings. The van der Waals surface area contributed by atoms with Gasteiger partial charge in [0.15, 0.2) is 5.78 Å². The molecule has 214 valence electrons. The molecule has 0 unspecified atom stereocenters. The van der Waals surface area contributed by atoms with Crippen LogP contribution in [0.4, 0.5) is 0 Å². The zero-order valence-electron chi connectivity index (χ0n) is 24.7. The fourth-order valence-corrected chi connectivity index (χ4v) is 4.87. The van der Waals surface area contributed by atoms with Gasteiger partial charge in [0, 0.05) is 61.2 Å². The number of pyridine rings is 1. The van der Waals surface area contributed by atoms with Crippen molar-refractivity contribution in [3.8, 4) is 11.3 Å². The molecule has 2 aromatic heterocycles. The van der Waals surface area contributed by atoms with Gasteiger partial charge in [-0.05, 0) is 43.7 Å². The van der Waals surface area contributed by atoms with E-state index in [4.69, 9.17) is 9.84 Å². The summed E-state index contributed by atoms with van der Waals surface area (Å²) in [5, 5.41) is 4.91. The summed E-state index contributed by atoms with van der Waals surface area (Å²) in [5.41, 5.74) is 4.98. The van der Waals surface area contributed by atoms with Crippen molar-refractivity contribution < 1.29 is 14.3 Å². The first kappa shape index (κ1) is 29.7. The number of amides is 1. The van der Waals surface area contributed by atoms with Crippen LogP contribution in [0.5, 0.6) is 0 Å². The molecule has 7 heteroatoms. The number of fused-ring (bicyclic) bond motifs is 1. The first-order chi connectivity index (χ1) is 19.2. The second-order valence-electron chi connectivity index (χ2n) is 11.6. The van der Waals surface area contributed by atoms with Crippen molar-refractivity contribution in [2.45, 2.75) is 47.5 Å². The van der Waals surface area contributed by atoms with E-state index in [0.29, 0.717) is 23.0 Å². The fourth-order valence-electron chi connectivity index (χ4n) is 4.87. The number of ether oxygens (including phenoxy) is 1. The van der Waals surface area contributed by atoms with Gasteiger partial charge in [0.05, 0.1) is 18.7 Å². The smallest absolute Gasteiger partial charge is 0.253 e. The highest BCUT2D eigenvalue weighted by molar-refractivity contribution is 5.97. The Morgan fingerprint density at radius 1 is 0.975 bits per heavy atom. The topological polar surface area (TPSA) is 67.2 Å². The standard InChI is InChI=1S/C33H44N4O3/c1-24(2)12-16-36(17-13-25(3)4)33(39)29-14-18-37-31(23-29)30(7-6-15-35-19-21-40-22-20-35)32(34-37)28-10-8-27(9-11-28)26(5)38/h6-11,14,18,23-25H,12-13,15-17,19-22H2,1-5H3. The zero-order valence-corrected chi connectivity index (χ0v) is 24.7. The molecule has 1 aliphatic heterocycles. The molecule has 0 N–H and O–H groups in total. The Hall–Kier alpha value is -3.29. The number of Topliss-reactive ketones (excluding diaryl/α,β-unsaturated/α-hetero) is 1. The number of rotatable bonds is 12. The lowest BCUT2D eigenvalue weighted by atomic mass is 10.0. The Labute approximate surface area is 238 Å². The monoisotopic (exact) mass is 544 g/mol. The molecule has 0 spiro atoms. The quantitative estimate of drug-likeness (QED) is 0.258. The SMILES string of the molecule is CC(=O)c1ccc(-c2nn3ccc(C(=O)N(CCC(C)C)CCC(C)C)cc3c2C=CCN2CCOCC2)cc1.